The zero-order valence-corrected chi connectivity index (χ0v) is 13.6. The van der Waals surface area contributed by atoms with Crippen LogP contribution in [0.25, 0.3) is 0 Å². The smallest absolute Gasteiger partial charge is 0.177 e. The highest BCUT2D eigenvalue weighted by atomic mass is 79.9. The van der Waals surface area contributed by atoms with Crippen molar-refractivity contribution < 1.29 is 9.53 Å². The third-order valence-electron chi connectivity index (χ3n) is 2.44. The van der Waals surface area contributed by atoms with Gasteiger partial charge < -0.3 is 4.74 Å². The van der Waals surface area contributed by atoms with Crippen LogP contribution in [-0.2, 0) is 6.42 Å². The largest absolute Gasteiger partial charge is 0.496 e. The number of thiophene rings is 1. The van der Waals surface area contributed by atoms with E-state index in [-0.39, 0.29) is 5.78 Å². The van der Waals surface area contributed by atoms with Gasteiger partial charge in [-0.2, -0.15) is 0 Å². The molecule has 0 aliphatic carbocycles. The monoisotopic (exact) mass is 388 g/mol. The Kier molecular flexibility index (Phi) is 4.59. The van der Waals surface area contributed by atoms with Gasteiger partial charge in [-0.3, -0.25) is 4.79 Å². The lowest BCUT2D eigenvalue weighted by Crippen LogP contribution is -2.03. The summed E-state index contributed by atoms with van der Waals surface area (Å²) in [5.41, 5.74) is 0.890. The molecular formula is C13H10Br2O2S. The second-order valence-corrected chi connectivity index (χ2v) is 7.04. The average molecular weight is 390 g/mol. The van der Waals surface area contributed by atoms with E-state index in [0.717, 1.165) is 24.4 Å². The van der Waals surface area contributed by atoms with E-state index in [2.05, 4.69) is 31.9 Å². The van der Waals surface area contributed by atoms with E-state index in [1.165, 1.54) is 11.3 Å². The second kappa shape index (κ2) is 5.99. The Morgan fingerprint density at radius 2 is 2.06 bits per heavy atom. The summed E-state index contributed by atoms with van der Waals surface area (Å²) in [5.74, 6) is 0.837. The van der Waals surface area contributed by atoms with Crippen molar-refractivity contribution in [2.24, 2.45) is 0 Å². The SMILES string of the molecule is COc1ccc(Br)cc1CC(=O)c1ccc(Br)s1. The average Bonchev–Trinajstić information content (AvgIpc) is 2.76. The van der Waals surface area contributed by atoms with Crippen LogP contribution >= 0.6 is 43.2 Å². The van der Waals surface area contributed by atoms with Gasteiger partial charge in [0, 0.05) is 16.5 Å². The van der Waals surface area contributed by atoms with Crippen LogP contribution in [0.4, 0.5) is 0 Å². The van der Waals surface area contributed by atoms with Gasteiger partial charge >= 0.3 is 0 Å². The lowest BCUT2D eigenvalue weighted by molar-refractivity contribution is 0.0996. The van der Waals surface area contributed by atoms with Gasteiger partial charge in [0.05, 0.1) is 15.8 Å². The number of halogens is 2. The summed E-state index contributed by atoms with van der Waals surface area (Å²) < 4.78 is 7.17. The Morgan fingerprint density at radius 3 is 2.67 bits per heavy atom. The molecule has 2 nitrogen and oxygen atoms in total. The van der Waals surface area contributed by atoms with Crippen LogP contribution in [0.3, 0.4) is 0 Å². The highest BCUT2D eigenvalue weighted by Gasteiger charge is 2.13. The van der Waals surface area contributed by atoms with Gasteiger partial charge in [0.15, 0.2) is 5.78 Å². The summed E-state index contributed by atoms with van der Waals surface area (Å²) in [6.45, 7) is 0. The minimum atomic E-state index is 0.0992. The molecule has 0 saturated heterocycles. The van der Waals surface area contributed by atoms with Crippen molar-refractivity contribution in [3.63, 3.8) is 0 Å². The second-order valence-electron chi connectivity index (χ2n) is 3.66. The number of ether oxygens (including phenoxy) is 1. The standard InChI is InChI=1S/C13H10Br2O2S/c1-17-11-3-2-9(14)6-8(11)7-10(16)12-4-5-13(15)18-12/h2-6H,7H2,1H3. The third-order valence-corrected chi connectivity index (χ3v) is 4.60. The van der Waals surface area contributed by atoms with Gasteiger partial charge in [0.2, 0.25) is 0 Å². The Labute approximate surface area is 126 Å². The number of benzene rings is 1. The maximum atomic E-state index is 12.1. The van der Waals surface area contributed by atoms with E-state index in [4.69, 9.17) is 4.74 Å². The molecule has 0 fully saturated rings. The van der Waals surface area contributed by atoms with Crippen molar-refractivity contribution >= 4 is 49.0 Å². The first-order chi connectivity index (χ1) is 8.60. The van der Waals surface area contributed by atoms with E-state index in [0.29, 0.717) is 6.42 Å². The fourth-order valence-corrected chi connectivity index (χ4v) is 3.34. The summed E-state index contributed by atoms with van der Waals surface area (Å²) in [6, 6.07) is 9.39. The van der Waals surface area contributed by atoms with Crippen molar-refractivity contribution in [3.05, 3.63) is 49.0 Å². The molecule has 0 unspecified atom stereocenters. The molecule has 5 heteroatoms. The van der Waals surface area contributed by atoms with E-state index in [1.54, 1.807) is 7.11 Å². The molecule has 1 aromatic carbocycles. The van der Waals surface area contributed by atoms with Crippen molar-refractivity contribution in [2.45, 2.75) is 6.42 Å². The Hall–Kier alpha value is -0.650. The Morgan fingerprint density at radius 1 is 1.28 bits per heavy atom. The van der Waals surface area contributed by atoms with Crippen LogP contribution in [0.1, 0.15) is 15.2 Å². The number of methoxy groups -OCH3 is 1. The molecule has 94 valence electrons. The van der Waals surface area contributed by atoms with Crippen molar-refractivity contribution in [1.29, 1.82) is 0 Å². The predicted molar refractivity (Wildman–Crippen MR) is 80.7 cm³/mol. The van der Waals surface area contributed by atoms with E-state index in [1.807, 2.05) is 30.3 Å². The van der Waals surface area contributed by atoms with Crippen LogP contribution in [0.15, 0.2) is 38.6 Å². The zero-order chi connectivity index (χ0) is 13.1. The molecule has 0 aliphatic heterocycles. The maximum absolute atomic E-state index is 12.1. The number of carbonyl (C=O) groups excluding carboxylic acids is 1. The number of Topliss-reactive ketones (excluding diaryl/α,β-unsaturated/α-hetero) is 1. The third kappa shape index (κ3) is 3.22. The zero-order valence-electron chi connectivity index (χ0n) is 9.57. The van der Waals surface area contributed by atoms with Crippen LogP contribution in [0, 0.1) is 0 Å². The van der Waals surface area contributed by atoms with Crippen molar-refractivity contribution in [2.75, 3.05) is 7.11 Å². The van der Waals surface area contributed by atoms with Gasteiger partial charge in [-0.25, -0.2) is 0 Å². The summed E-state index contributed by atoms with van der Waals surface area (Å²) in [6.07, 6.45) is 0.343. The molecule has 0 radical (unpaired) electrons. The Bertz CT molecular complexity index is 578. The summed E-state index contributed by atoms with van der Waals surface area (Å²) >= 11 is 8.21. The van der Waals surface area contributed by atoms with Gasteiger partial charge in [0.25, 0.3) is 0 Å². The highest BCUT2D eigenvalue weighted by molar-refractivity contribution is 9.11. The fourth-order valence-electron chi connectivity index (χ4n) is 1.61. The van der Waals surface area contributed by atoms with E-state index in [9.17, 15) is 4.79 Å². The van der Waals surface area contributed by atoms with Crippen LogP contribution in [0.2, 0.25) is 0 Å². The number of hydrogen-bond donors (Lipinski definition) is 0. The number of rotatable bonds is 4. The summed E-state index contributed by atoms with van der Waals surface area (Å²) in [7, 11) is 1.61. The first-order valence-corrected chi connectivity index (χ1v) is 7.61. The lowest BCUT2D eigenvalue weighted by atomic mass is 10.1. The molecule has 18 heavy (non-hydrogen) atoms. The summed E-state index contributed by atoms with van der Waals surface area (Å²) in [5, 5.41) is 0. The molecular weight excluding hydrogens is 380 g/mol. The molecule has 2 rings (SSSR count). The van der Waals surface area contributed by atoms with Gasteiger partial charge in [-0.15, -0.1) is 11.3 Å². The number of ketones is 1. The normalized spacial score (nSPS) is 10.4. The molecule has 0 atom stereocenters. The highest BCUT2D eigenvalue weighted by Crippen LogP contribution is 2.27. The molecule has 0 amide bonds. The molecule has 0 saturated carbocycles. The van der Waals surface area contributed by atoms with Gasteiger partial charge in [-0.05, 0) is 46.3 Å². The van der Waals surface area contributed by atoms with Crippen molar-refractivity contribution in [3.8, 4) is 5.75 Å². The molecule has 0 aliphatic rings. The quantitative estimate of drug-likeness (QED) is 0.708. The first kappa shape index (κ1) is 13.8. The van der Waals surface area contributed by atoms with Crippen LogP contribution in [-0.4, -0.2) is 12.9 Å². The Balaban J connectivity index is 2.23. The first-order valence-electron chi connectivity index (χ1n) is 5.21. The van der Waals surface area contributed by atoms with Crippen molar-refractivity contribution in [1.82, 2.24) is 0 Å². The fraction of sp³-hybridized carbons (Fsp3) is 0.154. The maximum Gasteiger partial charge on any atom is 0.177 e. The molecule has 0 bridgehead atoms. The minimum absolute atomic E-state index is 0.0992. The minimum Gasteiger partial charge on any atom is -0.496 e. The number of hydrogen-bond acceptors (Lipinski definition) is 3. The van der Waals surface area contributed by atoms with E-state index < -0.39 is 0 Å². The molecule has 2 aromatic rings. The number of carbonyl (C=O) groups is 1. The van der Waals surface area contributed by atoms with Gasteiger partial charge in [-0.1, -0.05) is 15.9 Å². The van der Waals surface area contributed by atoms with Crippen LogP contribution in [0.5, 0.6) is 5.75 Å². The topological polar surface area (TPSA) is 26.3 Å². The van der Waals surface area contributed by atoms with Gasteiger partial charge in [0.1, 0.15) is 5.75 Å². The predicted octanol–water partition coefficient (Wildman–Crippen LogP) is 4.71. The molecule has 1 heterocycles. The molecule has 0 N–H and O–H groups in total. The lowest BCUT2D eigenvalue weighted by Gasteiger charge is -2.07. The molecule has 0 spiro atoms. The summed E-state index contributed by atoms with van der Waals surface area (Å²) in [4.78, 5) is 12.9. The molecule has 1 aromatic heterocycles. The van der Waals surface area contributed by atoms with E-state index >= 15 is 0 Å². The van der Waals surface area contributed by atoms with Crippen LogP contribution < -0.4 is 4.74 Å².